The molecular formula is C10H21NO2. The van der Waals surface area contributed by atoms with Crippen LogP contribution in [0.25, 0.3) is 0 Å². The molecule has 78 valence electrons. The van der Waals surface area contributed by atoms with Gasteiger partial charge in [0.2, 0.25) is 0 Å². The van der Waals surface area contributed by atoms with Gasteiger partial charge in [0, 0.05) is 25.7 Å². The fraction of sp³-hybridized carbons (Fsp3) is 1.00. The van der Waals surface area contributed by atoms with Crippen LogP contribution in [0.1, 0.15) is 20.3 Å². The van der Waals surface area contributed by atoms with Gasteiger partial charge < -0.3 is 9.84 Å². The molecule has 0 aliphatic carbocycles. The summed E-state index contributed by atoms with van der Waals surface area (Å²) in [6, 6.07) is 0.432. The Morgan fingerprint density at radius 2 is 2.31 bits per heavy atom. The molecule has 0 bridgehead atoms. The van der Waals surface area contributed by atoms with Gasteiger partial charge in [-0.1, -0.05) is 13.8 Å². The van der Waals surface area contributed by atoms with Gasteiger partial charge in [-0.25, -0.2) is 0 Å². The number of ether oxygens (including phenoxy) is 1. The van der Waals surface area contributed by atoms with E-state index >= 15 is 0 Å². The lowest BCUT2D eigenvalue weighted by molar-refractivity contribution is -0.0201. The van der Waals surface area contributed by atoms with Crippen LogP contribution in [-0.2, 0) is 4.74 Å². The lowest BCUT2D eigenvalue weighted by Gasteiger charge is -2.36. The first-order valence-electron chi connectivity index (χ1n) is 5.16. The fourth-order valence-electron chi connectivity index (χ4n) is 1.81. The van der Waals surface area contributed by atoms with Crippen LogP contribution in [0.15, 0.2) is 0 Å². The Balaban J connectivity index is 2.36. The number of hydrogen-bond donors (Lipinski definition) is 1. The number of hydrogen-bond acceptors (Lipinski definition) is 3. The largest absolute Gasteiger partial charge is 0.396 e. The van der Waals surface area contributed by atoms with Gasteiger partial charge in [-0.3, -0.25) is 4.90 Å². The molecule has 1 N–H and O–H groups in total. The molecule has 3 heteroatoms. The van der Waals surface area contributed by atoms with Crippen LogP contribution < -0.4 is 0 Å². The standard InChI is InChI=1S/C10H21NO2/c1-9(2)7-11-4-6-13-8-10(11)3-5-12/h9-10,12H,3-8H2,1-2H3. The molecule has 1 saturated heterocycles. The zero-order valence-corrected chi connectivity index (χ0v) is 8.70. The third-order valence-corrected chi connectivity index (χ3v) is 2.41. The van der Waals surface area contributed by atoms with E-state index < -0.39 is 0 Å². The van der Waals surface area contributed by atoms with Gasteiger partial charge >= 0.3 is 0 Å². The summed E-state index contributed by atoms with van der Waals surface area (Å²) in [7, 11) is 0. The second-order valence-electron chi connectivity index (χ2n) is 4.13. The van der Waals surface area contributed by atoms with Crippen molar-refractivity contribution in [2.24, 2.45) is 5.92 Å². The zero-order chi connectivity index (χ0) is 9.68. The van der Waals surface area contributed by atoms with Crippen LogP contribution >= 0.6 is 0 Å². The lowest BCUT2D eigenvalue weighted by atomic mass is 10.1. The summed E-state index contributed by atoms with van der Waals surface area (Å²) >= 11 is 0. The number of morpholine rings is 1. The summed E-state index contributed by atoms with van der Waals surface area (Å²) in [5, 5.41) is 8.89. The van der Waals surface area contributed by atoms with E-state index in [9.17, 15) is 0 Å². The predicted octanol–water partition coefficient (Wildman–Crippen LogP) is 0.726. The molecule has 0 amide bonds. The van der Waals surface area contributed by atoms with Crippen molar-refractivity contribution < 1.29 is 9.84 Å². The Morgan fingerprint density at radius 3 is 2.92 bits per heavy atom. The molecule has 1 unspecified atom stereocenters. The van der Waals surface area contributed by atoms with Crippen LogP contribution in [0.5, 0.6) is 0 Å². The summed E-state index contributed by atoms with van der Waals surface area (Å²) in [5.41, 5.74) is 0. The summed E-state index contributed by atoms with van der Waals surface area (Å²) in [6.45, 7) is 8.48. The molecule has 0 aromatic carbocycles. The second kappa shape index (κ2) is 5.58. The van der Waals surface area contributed by atoms with Crippen molar-refractivity contribution in [1.82, 2.24) is 4.90 Å². The average Bonchev–Trinajstić information content (AvgIpc) is 2.08. The molecule has 0 saturated carbocycles. The van der Waals surface area contributed by atoms with Crippen molar-refractivity contribution in [2.45, 2.75) is 26.3 Å². The minimum absolute atomic E-state index is 0.266. The first-order valence-corrected chi connectivity index (χ1v) is 5.16. The number of aliphatic hydroxyl groups is 1. The first kappa shape index (κ1) is 11.0. The minimum Gasteiger partial charge on any atom is -0.396 e. The molecule has 1 fully saturated rings. The van der Waals surface area contributed by atoms with Crippen LogP contribution in [0.3, 0.4) is 0 Å². The molecule has 0 radical (unpaired) electrons. The maximum absolute atomic E-state index is 8.89. The Morgan fingerprint density at radius 1 is 1.54 bits per heavy atom. The van der Waals surface area contributed by atoms with E-state index in [4.69, 9.17) is 9.84 Å². The number of aliphatic hydroxyl groups excluding tert-OH is 1. The van der Waals surface area contributed by atoms with E-state index in [1.54, 1.807) is 0 Å². The van der Waals surface area contributed by atoms with Crippen molar-refractivity contribution in [3.8, 4) is 0 Å². The van der Waals surface area contributed by atoms with Crippen molar-refractivity contribution in [1.29, 1.82) is 0 Å². The van der Waals surface area contributed by atoms with Gasteiger partial charge in [0.25, 0.3) is 0 Å². The number of nitrogens with zero attached hydrogens (tertiary/aromatic N) is 1. The Bertz CT molecular complexity index is 137. The second-order valence-corrected chi connectivity index (χ2v) is 4.13. The average molecular weight is 187 g/mol. The van der Waals surface area contributed by atoms with E-state index in [0.29, 0.717) is 12.0 Å². The third-order valence-electron chi connectivity index (χ3n) is 2.41. The van der Waals surface area contributed by atoms with Gasteiger partial charge in [0.1, 0.15) is 0 Å². The first-order chi connectivity index (χ1) is 6.24. The molecular weight excluding hydrogens is 166 g/mol. The fourth-order valence-corrected chi connectivity index (χ4v) is 1.81. The van der Waals surface area contributed by atoms with Gasteiger partial charge in [-0.05, 0) is 12.3 Å². The molecule has 3 nitrogen and oxygen atoms in total. The molecule has 0 aromatic rings. The summed E-state index contributed by atoms with van der Waals surface area (Å²) in [6.07, 6.45) is 0.840. The van der Waals surface area contributed by atoms with E-state index in [1.807, 2.05) is 0 Å². The maximum atomic E-state index is 8.89. The zero-order valence-electron chi connectivity index (χ0n) is 8.70. The van der Waals surface area contributed by atoms with Gasteiger partial charge in [0.05, 0.1) is 13.2 Å². The minimum atomic E-state index is 0.266. The van der Waals surface area contributed by atoms with E-state index in [2.05, 4.69) is 18.7 Å². The van der Waals surface area contributed by atoms with Crippen molar-refractivity contribution in [3.05, 3.63) is 0 Å². The van der Waals surface area contributed by atoms with Crippen molar-refractivity contribution in [2.75, 3.05) is 32.9 Å². The van der Waals surface area contributed by atoms with Crippen LogP contribution in [-0.4, -0.2) is 49.0 Å². The SMILES string of the molecule is CC(C)CN1CCOCC1CCO. The molecule has 1 atom stereocenters. The molecule has 1 aliphatic heterocycles. The molecule has 0 aromatic heterocycles. The van der Waals surface area contributed by atoms with E-state index in [-0.39, 0.29) is 6.61 Å². The Kier molecular flexibility index (Phi) is 4.70. The van der Waals surface area contributed by atoms with Crippen LogP contribution in [0, 0.1) is 5.92 Å². The Hall–Kier alpha value is -0.120. The molecule has 13 heavy (non-hydrogen) atoms. The van der Waals surface area contributed by atoms with Gasteiger partial charge in [-0.15, -0.1) is 0 Å². The molecule has 1 heterocycles. The monoisotopic (exact) mass is 187 g/mol. The quantitative estimate of drug-likeness (QED) is 0.704. The highest BCUT2D eigenvalue weighted by atomic mass is 16.5. The van der Waals surface area contributed by atoms with Gasteiger partial charge in [0.15, 0.2) is 0 Å². The lowest BCUT2D eigenvalue weighted by Crippen LogP contribution is -2.47. The van der Waals surface area contributed by atoms with E-state index in [1.165, 1.54) is 0 Å². The smallest absolute Gasteiger partial charge is 0.0623 e. The van der Waals surface area contributed by atoms with Crippen molar-refractivity contribution >= 4 is 0 Å². The third kappa shape index (κ3) is 3.63. The summed E-state index contributed by atoms with van der Waals surface area (Å²) < 4.78 is 5.39. The highest BCUT2D eigenvalue weighted by Crippen LogP contribution is 2.12. The normalized spacial score (nSPS) is 25.4. The highest BCUT2D eigenvalue weighted by Gasteiger charge is 2.22. The molecule has 0 spiro atoms. The van der Waals surface area contributed by atoms with Crippen molar-refractivity contribution in [3.63, 3.8) is 0 Å². The van der Waals surface area contributed by atoms with E-state index in [0.717, 1.165) is 32.7 Å². The van der Waals surface area contributed by atoms with Crippen LogP contribution in [0.2, 0.25) is 0 Å². The summed E-state index contributed by atoms with van der Waals surface area (Å²) in [5.74, 6) is 0.694. The number of rotatable bonds is 4. The molecule has 1 rings (SSSR count). The van der Waals surface area contributed by atoms with Gasteiger partial charge in [-0.2, -0.15) is 0 Å². The molecule has 1 aliphatic rings. The highest BCUT2D eigenvalue weighted by molar-refractivity contribution is 4.75. The van der Waals surface area contributed by atoms with Crippen LogP contribution in [0.4, 0.5) is 0 Å². The predicted molar refractivity (Wildman–Crippen MR) is 52.7 cm³/mol. The topological polar surface area (TPSA) is 32.7 Å². The Labute approximate surface area is 80.7 Å². The maximum Gasteiger partial charge on any atom is 0.0623 e. The summed E-state index contributed by atoms with van der Waals surface area (Å²) in [4.78, 5) is 2.43.